The molecule has 2 rings (SSSR count). The Kier molecular flexibility index (Phi) is 5.06. The molecule has 0 aromatic carbocycles. The summed E-state index contributed by atoms with van der Waals surface area (Å²) in [5, 5.41) is 0. The largest absolute Gasteiger partial charge is 0.388 e. The first-order chi connectivity index (χ1) is 9.60. The molecule has 2 N–H and O–H groups in total. The summed E-state index contributed by atoms with van der Waals surface area (Å²) in [7, 11) is 0. The summed E-state index contributed by atoms with van der Waals surface area (Å²) in [5.74, 6) is 0.920. The Bertz CT molecular complexity index is 504. The van der Waals surface area contributed by atoms with Crippen LogP contribution in [0.25, 0.3) is 0 Å². The highest BCUT2D eigenvalue weighted by atomic mass is 32.1. The van der Waals surface area contributed by atoms with E-state index in [2.05, 4.69) is 11.9 Å². The zero-order chi connectivity index (χ0) is 14.5. The van der Waals surface area contributed by atoms with E-state index in [1.807, 2.05) is 17.0 Å². The van der Waals surface area contributed by atoms with Crippen LogP contribution in [0.15, 0.2) is 18.3 Å². The van der Waals surface area contributed by atoms with E-state index in [-0.39, 0.29) is 5.91 Å². The van der Waals surface area contributed by atoms with E-state index in [4.69, 9.17) is 18.0 Å². The van der Waals surface area contributed by atoms with Crippen molar-refractivity contribution in [3.63, 3.8) is 0 Å². The average molecular weight is 291 g/mol. The third-order valence-electron chi connectivity index (χ3n) is 3.95. The monoisotopic (exact) mass is 291 g/mol. The zero-order valence-corrected chi connectivity index (χ0v) is 12.7. The van der Waals surface area contributed by atoms with E-state index < -0.39 is 0 Å². The number of hydrogen-bond acceptors (Lipinski definition) is 3. The van der Waals surface area contributed by atoms with Crippen molar-refractivity contribution in [3.8, 4) is 0 Å². The highest BCUT2D eigenvalue weighted by Gasteiger charge is 2.21. The van der Waals surface area contributed by atoms with Crippen molar-refractivity contribution < 1.29 is 4.79 Å². The van der Waals surface area contributed by atoms with Crippen molar-refractivity contribution in [1.29, 1.82) is 0 Å². The molecule has 1 aromatic heterocycles. The fourth-order valence-electron chi connectivity index (χ4n) is 2.60. The van der Waals surface area contributed by atoms with Crippen LogP contribution in [0.4, 0.5) is 0 Å². The molecule has 0 aliphatic carbocycles. The number of carbonyl (C=O) groups excluding carboxylic acids is 1. The van der Waals surface area contributed by atoms with Crippen molar-refractivity contribution in [3.05, 3.63) is 29.6 Å². The van der Waals surface area contributed by atoms with Gasteiger partial charge in [-0.25, -0.2) is 0 Å². The minimum Gasteiger partial charge on any atom is -0.388 e. The molecule has 1 amide bonds. The van der Waals surface area contributed by atoms with Crippen LogP contribution in [0.3, 0.4) is 0 Å². The number of amides is 1. The molecule has 1 aromatic rings. The molecule has 1 unspecified atom stereocenters. The molecule has 108 valence electrons. The molecule has 20 heavy (non-hydrogen) atoms. The Balaban J connectivity index is 2.06. The topological polar surface area (TPSA) is 59.2 Å². The predicted octanol–water partition coefficient (Wildman–Crippen LogP) is 2.25. The van der Waals surface area contributed by atoms with Gasteiger partial charge in [-0.05, 0) is 36.5 Å². The summed E-state index contributed by atoms with van der Waals surface area (Å²) in [6, 6.07) is 3.79. The summed E-state index contributed by atoms with van der Waals surface area (Å²) in [6.45, 7) is 3.65. The fourth-order valence-corrected chi connectivity index (χ4v) is 2.71. The molecule has 1 fully saturated rings. The average Bonchev–Trinajstić information content (AvgIpc) is 2.62. The van der Waals surface area contributed by atoms with Crippen LogP contribution < -0.4 is 5.73 Å². The molecule has 0 spiro atoms. The van der Waals surface area contributed by atoms with Gasteiger partial charge >= 0.3 is 0 Å². The standard InChI is InChI=1S/C15H21N3OS/c1-2-11-3-4-14(19)18(8-6-11)10-12-5-7-17-13(9-12)15(16)20/h5,7,9,11H,2-4,6,8,10H2,1H3,(H2,16,20). The maximum atomic E-state index is 12.2. The second-order valence-corrected chi connectivity index (χ2v) is 5.77. The van der Waals surface area contributed by atoms with Crippen LogP contribution >= 0.6 is 12.2 Å². The first-order valence-corrected chi connectivity index (χ1v) is 7.53. The SMILES string of the molecule is CCC1CCC(=O)N(Cc2ccnc(C(N)=S)c2)CC1. The Hall–Kier alpha value is -1.49. The molecule has 5 heteroatoms. The van der Waals surface area contributed by atoms with Crippen LogP contribution in [0.5, 0.6) is 0 Å². The van der Waals surface area contributed by atoms with E-state index >= 15 is 0 Å². The highest BCUT2D eigenvalue weighted by molar-refractivity contribution is 7.80. The molecule has 0 radical (unpaired) electrons. The van der Waals surface area contributed by atoms with Gasteiger partial charge < -0.3 is 10.6 Å². The maximum Gasteiger partial charge on any atom is 0.222 e. The normalized spacial score (nSPS) is 19.8. The highest BCUT2D eigenvalue weighted by Crippen LogP contribution is 2.22. The van der Waals surface area contributed by atoms with Gasteiger partial charge in [-0.15, -0.1) is 0 Å². The first kappa shape index (κ1) is 14.9. The Morgan fingerprint density at radius 3 is 3.05 bits per heavy atom. The van der Waals surface area contributed by atoms with Crippen LogP contribution in [-0.4, -0.2) is 27.3 Å². The number of thiocarbonyl (C=S) groups is 1. The van der Waals surface area contributed by atoms with Gasteiger partial charge in [0.25, 0.3) is 0 Å². The van der Waals surface area contributed by atoms with Crippen molar-refractivity contribution >= 4 is 23.1 Å². The molecular weight excluding hydrogens is 270 g/mol. The molecule has 1 saturated heterocycles. The first-order valence-electron chi connectivity index (χ1n) is 7.12. The molecule has 1 atom stereocenters. The van der Waals surface area contributed by atoms with E-state index in [0.29, 0.717) is 29.6 Å². The minimum atomic E-state index is 0.245. The van der Waals surface area contributed by atoms with Gasteiger partial charge in [0, 0.05) is 25.7 Å². The number of hydrogen-bond donors (Lipinski definition) is 1. The van der Waals surface area contributed by atoms with Crippen LogP contribution in [0, 0.1) is 5.92 Å². The number of pyridine rings is 1. The second-order valence-electron chi connectivity index (χ2n) is 5.33. The third-order valence-corrected chi connectivity index (χ3v) is 4.16. The van der Waals surface area contributed by atoms with Crippen LogP contribution in [-0.2, 0) is 11.3 Å². The van der Waals surface area contributed by atoms with Gasteiger partial charge in [0.1, 0.15) is 4.99 Å². The number of rotatable bonds is 4. The van der Waals surface area contributed by atoms with Gasteiger partial charge in [0.15, 0.2) is 0 Å². The zero-order valence-electron chi connectivity index (χ0n) is 11.8. The fraction of sp³-hybridized carbons (Fsp3) is 0.533. The molecule has 0 bridgehead atoms. The Labute approximate surface area is 125 Å². The minimum absolute atomic E-state index is 0.245. The van der Waals surface area contributed by atoms with Crippen molar-refractivity contribution in [2.45, 2.75) is 39.2 Å². The lowest BCUT2D eigenvalue weighted by Gasteiger charge is -2.21. The van der Waals surface area contributed by atoms with Gasteiger partial charge in [-0.1, -0.05) is 25.6 Å². The molecule has 2 heterocycles. The molecule has 0 saturated carbocycles. The molecular formula is C15H21N3OS. The van der Waals surface area contributed by atoms with E-state index in [1.165, 1.54) is 0 Å². The number of nitrogens with zero attached hydrogens (tertiary/aromatic N) is 2. The predicted molar refractivity (Wildman–Crippen MR) is 83.2 cm³/mol. The maximum absolute atomic E-state index is 12.2. The lowest BCUT2D eigenvalue weighted by molar-refractivity contribution is -0.131. The smallest absolute Gasteiger partial charge is 0.222 e. The second kappa shape index (κ2) is 6.79. The van der Waals surface area contributed by atoms with Crippen molar-refractivity contribution in [2.75, 3.05) is 6.54 Å². The van der Waals surface area contributed by atoms with Gasteiger partial charge in [-0.3, -0.25) is 9.78 Å². The van der Waals surface area contributed by atoms with Gasteiger partial charge in [-0.2, -0.15) is 0 Å². The van der Waals surface area contributed by atoms with Crippen molar-refractivity contribution in [1.82, 2.24) is 9.88 Å². The number of carbonyl (C=O) groups is 1. The summed E-state index contributed by atoms with van der Waals surface area (Å²) >= 11 is 4.94. The summed E-state index contributed by atoms with van der Waals surface area (Å²) in [4.78, 5) is 18.5. The number of nitrogens with two attached hydrogens (primary N) is 1. The van der Waals surface area contributed by atoms with Gasteiger partial charge in [0.2, 0.25) is 5.91 Å². The number of aromatic nitrogens is 1. The lowest BCUT2D eigenvalue weighted by Crippen LogP contribution is -2.30. The Morgan fingerprint density at radius 2 is 2.35 bits per heavy atom. The summed E-state index contributed by atoms with van der Waals surface area (Å²) in [6.07, 6.45) is 5.62. The van der Waals surface area contributed by atoms with Gasteiger partial charge in [0.05, 0.1) is 5.69 Å². The van der Waals surface area contributed by atoms with Crippen molar-refractivity contribution in [2.24, 2.45) is 11.7 Å². The van der Waals surface area contributed by atoms with Crippen LogP contribution in [0.2, 0.25) is 0 Å². The lowest BCUT2D eigenvalue weighted by atomic mass is 9.98. The Morgan fingerprint density at radius 1 is 1.55 bits per heavy atom. The van der Waals surface area contributed by atoms with E-state index in [9.17, 15) is 4.79 Å². The van der Waals surface area contributed by atoms with E-state index in [1.54, 1.807) is 6.20 Å². The van der Waals surface area contributed by atoms with E-state index in [0.717, 1.165) is 31.4 Å². The number of likely N-dealkylation sites (tertiary alicyclic amines) is 1. The summed E-state index contributed by atoms with van der Waals surface area (Å²) < 4.78 is 0. The molecule has 1 aliphatic rings. The van der Waals surface area contributed by atoms with Crippen LogP contribution in [0.1, 0.15) is 43.9 Å². The molecule has 1 aliphatic heterocycles. The molecule has 4 nitrogen and oxygen atoms in total. The summed E-state index contributed by atoms with van der Waals surface area (Å²) in [5.41, 5.74) is 7.24. The third kappa shape index (κ3) is 3.76. The quantitative estimate of drug-likeness (QED) is 0.864.